The molecule has 1 aromatic carbocycles. The quantitative estimate of drug-likeness (QED) is 0.903. The topological polar surface area (TPSA) is 80.3 Å². The summed E-state index contributed by atoms with van der Waals surface area (Å²) in [5, 5.41) is 5.66. The minimum Gasteiger partial charge on any atom is -0.481 e. The van der Waals surface area contributed by atoms with Crippen LogP contribution in [0.2, 0.25) is 0 Å². The zero-order valence-corrected chi connectivity index (χ0v) is 12.7. The van der Waals surface area contributed by atoms with Crippen molar-refractivity contribution >= 4 is 17.5 Å². The van der Waals surface area contributed by atoms with Gasteiger partial charge in [-0.3, -0.25) is 9.59 Å². The van der Waals surface area contributed by atoms with Crippen LogP contribution < -0.4 is 15.4 Å². The van der Waals surface area contributed by atoms with Gasteiger partial charge in [-0.1, -0.05) is 24.3 Å². The highest BCUT2D eigenvalue weighted by molar-refractivity contribution is 6.01. The minimum absolute atomic E-state index is 0.144. The number of hydrogen-bond donors (Lipinski definition) is 2. The molecule has 1 aromatic heterocycles. The fourth-order valence-electron chi connectivity index (χ4n) is 2.59. The second-order valence-corrected chi connectivity index (χ2v) is 5.32. The highest BCUT2D eigenvalue weighted by atomic mass is 16.5. The molecule has 0 spiro atoms. The van der Waals surface area contributed by atoms with E-state index in [-0.39, 0.29) is 18.2 Å². The highest BCUT2D eigenvalue weighted by Crippen LogP contribution is 2.32. The normalized spacial score (nSPS) is 16.2. The van der Waals surface area contributed by atoms with E-state index in [1.54, 1.807) is 25.4 Å². The molecule has 1 unspecified atom stereocenters. The van der Waals surface area contributed by atoms with Crippen LogP contribution in [0.1, 0.15) is 23.5 Å². The Bertz CT molecular complexity index is 728. The van der Waals surface area contributed by atoms with E-state index >= 15 is 0 Å². The number of hydrogen-bond acceptors (Lipinski definition) is 4. The number of benzene rings is 1. The van der Waals surface area contributed by atoms with Crippen LogP contribution in [0.4, 0.5) is 5.69 Å². The SMILES string of the molecule is COc1ccc(CNC(=O)C2CC(=O)Nc3ccccc32)cn1. The van der Waals surface area contributed by atoms with Crippen LogP contribution in [0, 0.1) is 0 Å². The van der Waals surface area contributed by atoms with Gasteiger partial charge in [-0.15, -0.1) is 0 Å². The molecule has 3 rings (SSSR count). The summed E-state index contributed by atoms with van der Waals surface area (Å²) in [6.07, 6.45) is 1.81. The Hall–Kier alpha value is -2.89. The Kier molecular flexibility index (Phi) is 4.23. The third kappa shape index (κ3) is 3.31. The van der Waals surface area contributed by atoms with Gasteiger partial charge in [-0.05, 0) is 17.2 Å². The van der Waals surface area contributed by atoms with Crippen molar-refractivity contribution in [2.75, 3.05) is 12.4 Å². The number of methoxy groups -OCH3 is 1. The Morgan fingerprint density at radius 1 is 1.35 bits per heavy atom. The van der Waals surface area contributed by atoms with Gasteiger partial charge in [-0.25, -0.2) is 4.98 Å². The first-order valence-corrected chi connectivity index (χ1v) is 7.33. The Morgan fingerprint density at radius 2 is 2.17 bits per heavy atom. The summed E-state index contributed by atoms with van der Waals surface area (Å²) in [6, 6.07) is 11.0. The van der Waals surface area contributed by atoms with Gasteiger partial charge < -0.3 is 15.4 Å². The van der Waals surface area contributed by atoms with Crippen molar-refractivity contribution in [1.29, 1.82) is 0 Å². The molecule has 2 N–H and O–H groups in total. The molecular formula is C17H17N3O3. The second-order valence-electron chi connectivity index (χ2n) is 5.32. The van der Waals surface area contributed by atoms with E-state index in [1.807, 2.05) is 24.3 Å². The maximum atomic E-state index is 12.5. The van der Waals surface area contributed by atoms with E-state index in [1.165, 1.54) is 0 Å². The number of anilines is 1. The number of para-hydroxylation sites is 1. The molecule has 6 nitrogen and oxygen atoms in total. The third-order valence-electron chi connectivity index (χ3n) is 3.79. The molecule has 0 radical (unpaired) electrons. The molecule has 0 aliphatic carbocycles. The first-order valence-electron chi connectivity index (χ1n) is 7.33. The summed E-state index contributed by atoms with van der Waals surface area (Å²) in [7, 11) is 1.55. The molecule has 2 heterocycles. The Balaban J connectivity index is 1.69. The lowest BCUT2D eigenvalue weighted by molar-refractivity contribution is -0.126. The van der Waals surface area contributed by atoms with Gasteiger partial charge in [0.05, 0.1) is 13.0 Å². The van der Waals surface area contributed by atoms with Crippen molar-refractivity contribution in [2.45, 2.75) is 18.9 Å². The molecule has 6 heteroatoms. The van der Waals surface area contributed by atoms with Crippen molar-refractivity contribution < 1.29 is 14.3 Å². The lowest BCUT2D eigenvalue weighted by atomic mass is 9.90. The number of rotatable bonds is 4. The van der Waals surface area contributed by atoms with Crippen LogP contribution >= 0.6 is 0 Å². The van der Waals surface area contributed by atoms with E-state index in [9.17, 15) is 9.59 Å². The smallest absolute Gasteiger partial charge is 0.228 e. The number of amides is 2. The fraction of sp³-hybridized carbons (Fsp3) is 0.235. The molecule has 2 amide bonds. The molecule has 23 heavy (non-hydrogen) atoms. The summed E-state index contributed by atoms with van der Waals surface area (Å²) in [5.41, 5.74) is 2.42. The monoisotopic (exact) mass is 311 g/mol. The number of nitrogens with zero attached hydrogens (tertiary/aromatic N) is 1. The summed E-state index contributed by atoms with van der Waals surface area (Å²) in [5.74, 6) is -0.248. The number of nitrogens with one attached hydrogen (secondary N) is 2. The zero-order valence-electron chi connectivity index (χ0n) is 12.7. The average Bonchev–Trinajstić information content (AvgIpc) is 2.59. The average molecular weight is 311 g/mol. The lowest BCUT2D eigenvalue weighted by Gasteiger charge is -2.24. The van der Waals surface area contributed by atoms with Gasteiger partial charge in [0, 0.05) is 30.9 Å². The molecule has 2 aromatic rings. The molecule has 0 fully saturated rings. The predicted molar refractivity (Wildman–Crippen MR) is 85.1 cm³/mol. The van der Waals surface area contributed by atoms with Gasteiger partial charge in [0.2, 0.25) is 17.7 Å². The van der Waals surface area contributed by atoms with Crippen molar-refractivity contribution in [1.82, 2.24) is 10.3 Å². The van der Waals surface area contributed by atoms with Gasteiger partial charge in [0.1, 0.15) is 0 Å². The van der Waals surface area contributed by atoms with Crippen molar-refractivity contribution in [3.63, 3.8) is 0 Å². The summed E-state index contributed by atoms with van der Waals surface area (Å²) in [4.78, 5) is 28.3. The van der Waals surface area contributed by atoms with Gasteiger partial charge in [0.25, 0.3) is 0 Å². The van der Waals surface area contributed by atoms with Crippen molar-refractivity contribution in [3.8, 4) is 5.88 Å². The molecule has 0 bridgehead atoms. The van der Waals surface area contributed by atoms with Crippen LogP contribution in [0.25, 0.3) is 0 Å². The maximum absolute atomic E-state index is 12.5. The number of fused-ring (bicyclic) bond motifs is 1. The third-order valence-corrected chi connectivity index (χ3v) is 3.79. The van der Waals surface area contributed by atoms with E-state index in [2.05, 4.69) is 15.6 Å². The number of ether oxygens (including phenoxy) is 1. The lowest BCUT2D eigenvalue weighted by Crippen LogP contribution is -2.34. The van der Waals surface area contributed by atoms with Crippen LogP contribution in [0.3, 0.4) is 0 Å². The first-order chi connectivity index (χ1) is 11.2. The maximum Gasteiger partial charge on any atom is 0.228 e. The van der Waals surface area contributed by atoms with Gasteiger partial charge >= 0.3 is 0 Å². The van der Waals surface area contributed by atoms with Crippen LogP contribution in [-0.4, -0.2) is 23.9 Å². The summed E-state index contributed by atoms with van der Waals surface area (Å²) < 4.78 is 5.00. The minimum atomic E-state index is -0.467. The molecule has 118 valence electrons. The standard InChI is InChI=1S/C17H17N3O3/c1-23-16-7-6-11(9-18-16)10-19-17(22)13-8-15(21)20-14-5-3-2-4-12(13)14/h2-7,9,13H,8,10H2,1H3,(H,19,22)(H,20,21). The van der Waals surface area contributed by atoms with Crippen molar-refractivity contribution in [3.05, 3.63) is 53.7 Å². The van der Waals surface area contributed by atoms with E-state index < -0.39 is 5.92 Å². The molecular weight excluding hydrogens is 294 g/mol. The zero-order chi connectivity index (χ0) is 16.2. The number of carbonyl (C=O) groups is 2. The summed E-state index contributed by atoms with van der Waals surface area (Å²) in [6.45, 7) is 0.357. The van der Waals surface area contributed by atoms with Gasteiger partial charge in [0.15, 0.2) is 0 Å². The molecule has 0 saturated carbocycles. The molecule has 1 aliphatic rings. The first kappa shape index (κ1) is 15.0. The van der Waals surface area contributed by atoms with Crippen LogP contribution in [-0.2, 0) is 16.1 Å². The fourth-order valence-corrected chi connectivity index (χ4v) is 2.59. The van der Waals surface area contributed by atoms with Gasteiger partial charge in [-0.2, -0.15) is 0 Å². The largest absolute Gasteiger partial charge is 0.481 e. The predicted octanol–water partition coefficient (Wildman–Crippen LogP) is 1.83. The Labute approximate surface area is 133 Å². The number of carbonyl (C=O) groups excluding carboxylic acids is 2. The molecule has 1 aliphatic heterocycles. The summed E-state index contributed by atoms with van der Waals surface area (Å²) >= 11 is 0. The molecule has 1 atom stereocenters. The highest BCUT2D eigenvalue weighted by Gasteiger charge is 2.30. The van der Waals surface area contributed by atoms with E-state index in [0.29, 0.717) is 18.1 Å². The van der Waals surface area contributed by atoms with E-state index in [4.69, 9.17) is 4.74 Å². The van der Waals surface area contributed by atoms with Crippen LogP contribution in [0.15, 0.2) is 42.6 Å². The van der Waals surface area contributed by atoms with Crippen LogP contribution in [0.5, 0.6) is 5.88 Å². The van der Waals surface area contributed by atoms with Crippen molar-refractivity contribution in [2.24, 2.45) is 0 Å². The molecule has 0 saturated heterocycles. The number of aromatic nitrogens is 1. The Morgan fingerprint density at radius 3 is 2.91 bits per heavy atom. The van der Waals surface area contributed by atoms with E-state index in [0.717, 1.165) is 11.1 Å². The second kappa shape index (κ2) is 6.48. The number of pyridine rings is 1.